The van der Waals surface area contributed by atoms with E-state index in [1.807, 2.05) is 11.3 Å². The highest BCUT2D eigenvalue weighted by molar-refractivity contribution is 7.88. The molecule has 3 heterocycles. The summed E-state index contributed by atoms with van der Waals surface area (Å²) in [6.45, 7) is 5.55. The summed E-state index contributed by atoms with van der Waals surface area (Å²) in [6.07, 6.45) is 0.305. The number of aliphatic carboxylic acids is 1. The Balaban J connectivity index is 0.000000396. The molecule has 2 fully saturated rings. The lowest BCUT2D eigenvalue weighted by Gasteiger charge is -2.38. The second-order valence-electron chi connectivity index (χ2n) is 7.71. The van der Waals surface area contributed by atoms with Crippen LogP contribution in [0.15, 0.2) is 12.1 Å². The molecular weight excluding hydrogens is 445 g/mol. The first-order valence-electron chi connectivity index (χ1n) is 9.48. The summed E-state index contributed by atoms with van der Waals surface area (Å²) in [5.74, 6) is -2.76. The molecule has 0 saturated carbocycles. The van der Waals surface area contributed by atoms with Crippen molar-refractivity contribution < 1.29 is 36.2 Å². The number of thiophene rings is 1. The number of nitrogens with zero attached hydrogens (tertiary/aromatic N) is 1. The minimum atomic E-state index is -5.08. The number of hydrogen-bond donors (Lipinski definition) is 2. The van der Waals surface area contributed by atoms with Crippen LogP contribution in [0.4, 0.5) is 13.2 Å². The van der Waals surface area contributed by atoms with Crippen LogP contribution in [-0.2, 0) is 26.1 Å². The van der Waals surface area contributed by atoms with Crippen LogP contribution in [0.3, 0.4) is 0 Å². The molecular formula is C18H27F3N2O5S2. The molecule has 1 aromatic rings. The number of ether oxygens (including phenoxy) is 1. The first kappa shape index (κ1) is 25.1. The zero-order chi connectivity index (χ0) is 22.6. The van der Waals surface area contributed by atoms with Crippen LogP contribution < -0.4 is 4.72 Å². The number of likely N-dealkylation sites (tertiary alicyclic amines) is 1. The van der Waals surface area contributed by atoms with Gasteiger partial charge in [0, 0.05) is 35.9 Å². The number of rotatable bonds is 5. The lowest BCUT2D eigenvalue weighted by Crippen LogP contribution is -2.46. The zero-order valence-corrected chi connectivity index (χ0v) is 18.5. The monoisotopic (exact) mass is 472 g/mol. The van der Waals surface area contributed by atoms with Crippen molar-refractivity contribution in [2.45, 2.75) is 57.0 Å². The van der Waals surface area contributed by atoms with Gasteiger partial charge in [0.15, 0.2) is 0 Å². The van der Waals surface area contributed by atoms with E-state index in [1.54, 1.807) is 0 Å². The fourth-order valence-corrected chi connectivity index (χ4v) is 5.09. The number of aryl methyl sites for hydroxylation is 1. The van der Waals surface area contributed by atoms with Crippen molar-refractivity contribution in [3.63, 3.8) is 0 Å². The normalized spacial score (nSPS) is 25.2. The quantitative estimate of drug-likeness (QED) is 0.684. The first-order chi connectivity index (χ1) is 13.8. The molecule has 2 saturated heterocycles. The maximum absolute atomic E-state index is 11.3. The van der Waals surface area contributed by atoms with E-state index in [-0.39, 0.29) is 11.7 Å². The SMILES string of the molecule is Cc1ccc(CN2CC[C@]3(CCC[C@H](CNS(C)(=O)=O)O3)C2)s1.O=C(O)C(F)(F)F. The highest BCUT2D eigenvalue weighted by Crippen LogP contribution is 2.37. The minimum absolute atomic E-state index is 0.00223. The van der Waals surface area contributed by atoms with E-state index in [0.29, 0.717) is 6.54 Å². The van der Waals surface area contributed by atoms with E-state index < -0.39 is 22.2 Å². The van der Waals surface area contributed by atoms with E-state index >= 15 is 0 Å². The molecule has 0 aliphatic carbocycles. The number of nitrogens with one attached hydrogen (secondary N) is 1. The maximum atomic E-state index is 11.3. The summed E-state index contributed by atoms with van der Waals surface area (Å²) < 4.78 is 63.2. The Hall–Kier alpha value is -1.21. The van der Waals surface area contributed by atoms with Crippen LogP contribution in [0.2, 0.25) is 0 Å². The third kappa shape index (κ3) is 8.14. The molecule has 1 spiro atoms. The summed E-state index contributed by atoms with van der Waals surface area (Å²) >= 11 is 1.86. The third-order valence-corrected chi connectivity index (χ3v) is 6.64. The van der Waals surface area contributed by atoms with E-state index in [4.69, 9.17) is 14.6 Å². The van der Waals surface area contributed by atoms with E-state index in [2.05, 4.69) is 28.7 Å². The van der Waals surface area contributed by atoms with Crippen LogP contribution in [0, 0.1) is 6.92 Å². The smallest absolute Gasteiger partial charge is 0.475 e. The highest BCUT2D eigenvalue weighted by atomic mass is 32.2. The Kier molecular flexibility index (Phi) is 8.30. The second-order valence-corrected chi connectivity index (χ2v) is 10.9. The Morgan fingerprint density at radius 1 is 1.40 bits per heavy atom. The predicted octanol–water partition coefficient (Wildman–Crippen LogP) is 2.75. The topological polar surface area (TPSA) is 95.9 Å². The highest BCUT2D eigenvalue weighted by Gasteiger charge is 2.43. The lowest BCUT2D eigenvalue weighted by molar-refractivity contribution is -0.192. The van der Waals surface area contributed by atoms with Crippen molar-refractivity contribution in [2.24, 2.45) is 0 Å². The van der Waals surface area contributed by atoms with Crippen molar-refractivity contribution in [3.8, 4) is 0 Å². The van der Waals surface area contributed by atoms with Crippen LogP contribution in [0.25, 0.3) is 0 Å². The molecule has 0 amide bonds. The molecule has 2 N–H and O–H groups in total. The van der Waals surface area contributed by atoms with Gasteiger partial charge in [-0.15, -0.1) is 11.3 Å². The Morgan fingerprint density at radius 2 is 2.07 bits per heavy atom. The van der Waals surface area contributed by atoms with Gasteiger partial charge >= 0.3 is 12.1 Å². The Bertz CT molecular complexity index is 828. The second kappa shape index (κ2) is 9.94. The number of carbonyl (C=O) groups is 1. The summed E-state index contributed by atoms with van der Waals surface area (Å²) in [6, 6.07) is 4.39. The van der Waals surface area contributed by atoms with Gasteiger partial charge in [0.2, 0.25) is 10.0 Å². The molecule has 3 rings (SSSR count). The van der Waals surface area contributed by atoms with Gasteiger partial charge in [-0.3, -0.25) is 4.90 Å². The molecule has 12 heteroatoms. The van der Waals surface area contributed by atoms with Gasteiger partial charge in [0.05, 0.1) is 18.0 Å². The molecule has 7 nitrogen and oxygen atoms in total. The van der Waals surface area contributed by atoms with Gasteiger partial charge in [-0.25, -0.2) is 17.9 Å². The van der Waals surface area contributed by atoms with Gasteiger partial charge in [-0.05, 0) is 44.7 Å². The van der Waals surface area contributed by atoms with Crippen molar-refractivity contribution in [3.05, 3.63) is 21.9 Å². The average molecular weight is 473 g/mol. The molecule has 2 aliphatic rings. The summed E-state index contributed by atoms with van der Waals surface area (Å²) in [4.78, 5) is 14.1. The zero-order valence-electron chi connectivity index (χ0n) is 16.9. The molecule has 1 aromatic heterocycles. The molecule has 0 aromatic carbocycles. The van der Waals surface area contributed by atoms with Gasteiger partial charge in [0.25, 0.3) is 0 Å². The number of alkyl halides is 3. The molecule has 2 atom stereocenters. The fourth-order valence-electron chi connectivity index (χ4n) is 3.66. The van der Waals surface area contributed by atoms with E-state index in [9.17, 15) is 21.6 Å². The summed E-state index contributed by atoms with van der Waals surface area (Å²) in [5, 5.41) is 7.12. The van der Waals surface area contributed by atoms with Crippen molar-refractivity contribution in [1.82, 2.24) is 9.62 Å². The predicted molar refractivity (Wildman–Crippen MR) is 107 cm³/mol. The van der Waals surface area contributed by atoms with Crippen molar-refractivity contribution >= 4 is 27.3 Å². The van der Waals surface area contributed by atoms with Crippen LogP contribution in [0.1, 0.15) is 35.4 Å². The standard InChI is InChI=1S/C16H26N2O3S2.C2HF3O2/c1-13-5-6-15(22-13)11-18-9-8-16(12-18)7-3-4-14(21-16)10-17-23(2,19)20;3-2(4,5)1(6)7/h5-6,14,17H,3-4,7-12H2,1-2H3;(H,6,7)/t14-,16-;/m1./s1. The van der Waals surface area contributed by atoms with E-state index in [0.717, 1.165) is 45.3 Å². The number of sulfonamides is 1. The largest absolute Gasteiger partial charge is 0.490 e. The van der Waals surface area contributed by atoms with Crippen molar-refractivity contribution in [1.29, 1.82) is 0 Å². The summed E-state index contributed by atoms with van der Waals surface area (Å²) in [5.41, 5.74) is -0.0750. The first-order valence-corrected chi connectivity index (χ1v) is 12.2. The average Bonchev–Trinajstić information content (AvgIpc) is 3.19. The number of halogens is 3. The van der Waals surface area contributed by atoms with Gasteiger partial charge in [0.1, 0.15) is 0 Å². The Morgan fingerprint density at radius 3 is 2.60 bits per heavy atom. The number of hydrogen-bond acceptors (Lipinski definition) is 6. The van der Waals surface area contributed by atoms with Crippen LogP contribution >= 0.6 is 11.3 Å². The van der Waals surface area contributed by atoms with Crippen LogP contribution in [0.5, 0.6) is 0 Å². The Labute approximate surface area is 178 Å². The summed E-state index contributed by atoms with van der Waals surface area (Å²) in [7, 11) is -3.15. The molecule has 30 heavy (non-hydrogen) atoms. The molecule has 0 bridgehead atoms. The van der Waals surface area contributed by atoms with Gasteiger partial charge in [-0.1, -0.05) is 0 Å². The van der Waals surface area contributed by atoms with E-state index in [1.165, 1.54) is 16.0 Å². The number of carboxylic acids is 1. The lowest BCUT2D eigenvalue weighted by atomic mass is 9.90. The molecule has 172 valence electrons. The fraction of sp³-hybridized carbons (Fsp3) is 0.722. The molecule has 0 unspecified atom stereocenters. The number of carboxylic acid groups (broad SMARTS) is 1. The van der Waals surface area contributed by atoms with Gasteiger partial charge < -0.3 is 9.84 Å². The molecule has 2 aliphatic heterocycles. The van der Waals surface area contributed by atoms with Crippen LogP contribution in [-0.4, -0.2) is 68.2 Å². The minimum Gasteiger partial charge on any atom is -0.475 e. The third-order valence-electron chi connectivity index (χ3n) is 4.96. The maximum Gasteiger partial charge on any atom is 0.490 e. The molecule has 0 radical (unpaired) electrons. The van der Waals surface area contributed by atoms with Crippen molar-refractivity contribution in [2.75, 3.05) is 25.9 Å². The van der Waals surface area contributed by atoms with Gasteiger partial charge in [-0.2, -0.15) is 13.2 Å².